The number of fused-ring (bicyclic) bond motifs is 1. The Bertz CT molecular complexity index is 1390. The molecule has 194 valence electrons. The minimum absolute atomic E-state index is 0.124. The van der Waals surface area contributed by atoms with Crippen LogP contribution < -0.4 is 15.6 Å². The van der Waals surface area contributed by atoms with Gasteiger partial charge < -0.3 is 15.5 Å². The summed E-state index contributed by atoms with van der Waals surface area (Å²) < 4.78 is 38.1. The lowest BCUT2D eigenvalue weighted by atomic mass is 9.95. The molecule has 1 fully saturated rings. The molecule has 0 radical (unpaired) electrons. The predicted molar refractivity (Wildman–Crippen MR) is 136 cm³/mol. The van der Waals surface area contributed by atoms with E-state index in [4.69, 9.17) is 0 Å². The summed E-state index contributed by atoms with van der Waals surface area (Å²) >= 11 is 0. The number of hydrogen-bond donors (Lipinski definition) is 2. The lowest BCUT2D eigenvalue weighted by Crippen LogP contribution is -2.46. The summed E-state index contributed by atoms with van der Waals surface area (Å²) in [5.41, 5.74) is 1.61. The van der Waals surface area contributed by atoms with Gasteiger partial charge in [0, 0.05) is 36.4 Å². The molecule has 4 amide bonds. The van der Waals surface area contributed by atoms with Crippen LogP contribution in [0, 0.1) is 5.92 Å². The maximum absolute atomic E-state index is 13.1. The predicted octanol–water partition coefficient (Wildman–Crippen LogP) is 5.21. The van der Waals surface area contributed by atoms with E-state index in [2.05, 4.69) is 15.7 Å². The molecular weight excluding hydrogens is 499 g/mol. The van der Waals surface area contributed by atoms with Gasteiger partial charge in [-0.3, -0.25) is 9.59 Å². The van der Waals surface area contributed by atoms with Crippen molar-refractivity contribution in [3.05, 3.63) is 90.0 Å². The van der Waals surface area contributed by atoms with Crippen LogP contribution in [0.3, 0.4) is 0 Å². The molecule has 0 bridgehead atoms. The largest absolute Gasteiger partial charge is 0.416 e. The van der Waals surface area contributed by atoms with E-state index in [1.54, 1.807) is 53.4 Å². The van der Waals surface area contributed by atoms with E-state index in [0.717, 1.165) is 30.0 Å². The van der Waals surface area contributed by atoms with Gasteiger partial charge in [-0.05, 0) is 60.7 Å². The number of piperidine rings is 1. The molecule has 2 aliphatic rings. The number of hydrogen-bond acceptors (Lipinski definition) is 4. The Morgan fingerprint density at radius 1 is 0.868 bits per heavy atom. The third kappa shape index (κ3) is 5.22. The number of urea groups is 1. The maximum atomic E-state index is 13.1. The summed E-state index contributed by atoms with van der Waals surface area (Å²) in [7, 11) is 0. The van der Waals surface area contributed by atoms with Crippen molar-refractivity contribution in [2.45, 2.75) is 12.6 Å². The molecule has 2 aliphatic heterocycles. The number of hydrazone groups is 1. The molecule has 0 aliphatic carbocycles. The van der Waals surface area contributed by atoms with Gasteiger partial charge in [-0.2, -0.15) is 18.3 Å². The molecule has 0 saturated carbocycles. The monoisotopic (exact) mass is 521 g/mol. The molecule has 1 atom stereocenters. The number of nitrogens with zero attached hydrogens (tertiary/aromatic N) is 3. The molecule has 0 spiro atoms. The first-order valence-corrected chi connectivity index (χ1v) is 11.8. The highest BCUT2D eigenvalue weighted by molar-refractivity contribution is 6.16. The molecule has 3 aromatic rings. The van der Waals surface area contributed by atoms with E-state index in [1.807, 2.05) is 6.07 Å². The zero-order valence-electron chi connectivity index (χ0n) is 19.9. The first-order valence-electron chi connectivity index (χ1n) is 11.8. The van der Waals surface area contributed by atoms with Gasteiger partial charge in [0.05, 0.1) is 22.9 Å². The molecule has 5 rings (SSSR count). The fourth-order valence-electron chi connectivity index (χ4n) is 4.36. The number of likely N-dealkylation sites (tertiary alicyclic amines) is 1. The van der Waals surface area contributed by atoms with E-state index < -0.39 is 23.7 Å². The van der Waals surface area contributed by atoms with Gasteiger partial charge in [-0.1, -0.05) is 18.2 Å². The smallest absolute Gasteiger partial charge is 0.337 e. The molecule has 2 N–H and O–H groups in total. The van der Waals surface area contributed by atoms with Gasteiger partial charge in [0.15, 0.2) is 0 Å². The summed E-state index contributed by atoms with van der Waals surface area (Å²) in [6, 6.07) is 18.8. The van der Waals surface area contributed by atoms with Crippen molar-refractivity contribution >= 4 is 40.6 Å². The Kier molecular flexibility index (Phi) is 6.58. The number of alkyl halides is 3. The molecule has 3 aromatic carbocycles. The number of carbonyl (C=O) groups excluding carboxylic acids is 3. The van der Waals surface area contributed by atoms with Gasteiger partial charge in [-0.15, -0.1) is 0 Å². The topological polar surface area (TPSA) is 94.1 Å². The number of halogens is 3. The highest BCUT2D eigenvalue weighted by Crippen LogP contribution is 2.31. The van der Waals surface area contributed by atoms with Crippen molar-refractivity contribution in [3.63, 3.8) is 0 Å². The standard InChI is InChI=1S/C27H22F3N5O3/c28-27(29,30)18-6-8-19(9-7-18)31-26(38)32-20-10-12-21(13-11-20)35-25(37)22-16-34(15-14-23(22)33-35)24(36)17-4-2-1-3-5-17/h1-13,22H,14-16H2,(H2,31,32,38). The zero-order valence-corrected chi connectivity index (χ0v) is 19.9. The second-order valence-electron chi connectivity index (χ2n) is 8.86. The molecule has 38 heavy (non-hydrogen) atoms. The Morgan fingerprint density at radius 2 is 1.47 bits per heavy atom. The van der Waals surface area contributed by atoms with Gasteiger partial charge in [0.1, 0.15) is 0 Å². The third-order valence-electron chi connectivity index (χ3n) is 6.33. The number of nitrogens with one attached hydrogen (secondary N) is 2. The first-order chi connectivity index (χ1) is 18.2. The Labute approximate surface area is 215 Å². The minimum atomic E-state index is -4.46. The normalized spacial score (nSPS) is 17.1. The van der Waals surface area contributed by atoms with Crippen molar-refractivity contribution in [1.82, 2.24) is 4.90 Å². The Morgan fingerprint density at radius 3 is 2.08 bits per heavy atom. The minimum Gasteiger partial charge on any atom is -0.337 e. The first kappa shape index (κ1) is 25.0. The molecule has 2 heterocycles. The lowest BCUT2D eigenvalue weighted by molar-refractivity contribution is -0.137. The second kappa shape index (κ2) is 10.0. The summed E-state index contributed by atoms with van der Waals surface area (Å²) in [6.07, 6.45) is -3.96. The van der Waals surface area contributed by atoms with Crippen LogP contribution in [0.2, 0.25) is 0 Å². The van der Waals surface area contributed by atoms with Crippen LogP contribution in [0.5, 0.6) is 0 Å². The van der Waals surface area contributed by atoms with Crippen LogP contribution in [0.15, 0.2) is 84.0 Å². The molecule has 11 heteroatoms. The number of benzene rings is 3. The highest BCUT2D eigenvalue weighted by Gasteiger charge is 2.41. The third-order valence-corrected chi connectivity index (χ3v) is 6.33. The quantitative estimate of drug-likeness (QED) is 0.493. The molecule has 0 aromatic heterocycles. The Balaban J connectivity index is 1.19. The van der Waals surface area contributed by atoms with Gasteiger partial charge in [-0.25, -0.2) is 9.80 Å². The van der Waals surface area contributed by atoms with Crippen molar-refractivity contribution in [2.24, 2.45) is 11.0 Å². The van der Waals surface area contributed by atoms with Crippen molar-refractivity contribution < 1.29 is 27.6 Å². The zero-order chi connectivity index (χ0) is 26.9. The number of amides is 4. The SMILES string of the molecule is O=C(Nc1ccc(N2N=C3CCN(C(=O)c4ccccc4)CC3C2=O)cc1)Nc1ccc(C(F)(F)F)cc1. The second-order valence-corrected chi connectivity index (χ2v) is 8.86. The number of anilines is 3. The fraction of sp³-hybridized carbons (Fsp3) is 0.185. The highest BCUT2D eigenvalue weighted by atomic mass is 19.4. The number of rotatable bonds is 4. The molecule has 1 unspecified atom stereocenters. The average molecular weight is 521 g/mol. The van der Waals surface area contributed by atoms with Gasteiger partial charge >= 0.3 is 12.2 Å². The van der Waals surface area contributed by atoms with Crippen LogP contribution >= 0.6 is 0 Å². The van der Waals surface area contributed by atoms with Gasteiger partial charge in [0.25, 0.3) is 11.8 Å². The van der Waals surface area contributed by atoms with Gasteiger partial charge in [0.2, 0.25) is 0 Å². The summed E-state index contributed by atoms with van der Waals surface area (Å²) in [5.74, 6) is -0.865. The number of carbonyl (C=O) groups is 3. The average Bonchev–Trinajstić information content (AvgIpc) is 3.24. The van der Waals surface area contributed by atoms with Crippen molar-refractivity contribution in [2.75, 3.05) is 28.7 Å². The van der Waals surface area contributed by atoms with Crippen molar-refractivity contribution in [1.29, 1.82) is 0 Å². The summed E-state index contributed by atoms with van der Waals surface area (Å²) in [4.78, 5) is 39.9. The van der Waals surface area contributed by atoms with Crippen LogP contribution in [-0.2, 0) is 11.0 Å². The Hall–Kier alpha value is -4.67. The van der Waals surface area contributed by atoms with Crippen LogP contribution in [0.4, 0.5) is 35.0 Å². The van der Waals surface area contributed by atoms with Crippen LogP contribution in [0.25, 0.3) is 0 Å². The van der Waals surface area contributed by atoms with E-state index in [9.17, 15) is 27.6 Å². The molecule has 8 nitrogen and oxygen atoms in total. The van der Waals surface area contributed by atoms with E-state index in [1.165, 1.54) is 5.01 Å². The molecular formula is C27H22F3N5O3. The summed E-state index contributed by atoms with van der Waals surface area (Å²) in [5, 5.41) is 10.9. The van der Waals surface area contributed by atoms with Crippen LogP contribution in [-0.4, -0.2) is 41.5 Å². The van der Waals surface area contributed by atoms with E-state index in [0.29, 0.717) is 29.9 Å². The maximum Gasteiger partial charge on any atom is 0.416 e. The van der Waals surface area contributed by atoms with E-state index >= 15 is 0 Å². The van der Waals surface area contributed by atoms with Crippen molar-refractivity contribution in [3.8, 4) is 0 Å². The summed E-state index contributed by atoms with van der Waals surface area (Å²) in [6.45, 7) is 0.729. The lowest BCUT2D eigenvalue weighted by Gasteiger charge is -2.30. The fourth-order valence-corrected chi connectivity index (χ4v) is 4.36. The van der Waals surface area contributed by atoms with E-state index in [-0.39, 0.29) is 24.0 Å². The van der Waals surface area contributed by atoms with Crippen LogP contribution in [0.1, 0.15) is 22.3 Å². The molecule has 1 saturated heterocycles.